The lowest BCUT2D eigenvalue weighted by atomic mass is 9.79. The van der Waals surface area contributed by atoms with Gasteiger partial charge >= 0.3 is 7.12 Å². The molecular formula is C9H12BNO2. The minimum absolute atomic E-state index is 0.552. The van der Waals surface area contributed by atoms with Gasteiger partial charge in [-0.25, -0.2) is 0 Å². The first-order valence-corrected chi connectivity index (χ1v) is 4.44. The van der Waals surface area contributed by atoms with Crippen molar-refractivity contribution in [2.24, 2.45) is 0 Å². The topological polar surface area (TPSA) is 52.5 Å². The van der Waals surface area contributed by atoms with Crippen LogP contribution in [0.3, 0.4) is 0 Å². The molecule has 1 heterocycles. The van der Waals surface area contributed by atoms with Crippen LogP contribution >= 0.6 is 0 Å². The van der Waals surface area contributed by atoms with Crippen LogP contribution in [0.5, 0.6) is 0 Å². The van der Waals surface area contributed by atoms with E-state index in [1.165, 1.54) is 5.56 Å². The summed E-state index contributed by atoms with van der Waals surface area (Å²) in [6.07, 6.45) is 0. The first-order valence-electron chi connectivity index (χ1n) is 4.44. The van der Waals surface area contributed by atoms with Crippen molar-refractivity contribution in [1.29, 1.82) is 0 Å². The Kier molecular flexibility index (Phi) is 2.35. The van der Waals surface area contributed by atoms with E-state index in [9.17, 15) is 0 Å². The molecule has 1 fully saturated rings. The van der Waals surface area contributed by atoms with Crippen molar-refractivity contribution in [2.45, 2.75) is 5.92 Å². The lowest BCUT2D eigenvalue weighted by Gasteiger charge is -2.27. The number of nitrogens with one attached hydrogen (secondary N) is 1. The molecule has 1 aromatic carbocycles. The molecule has 0 spiro atoms. The minimum atomic E-state index is -1.35. The van der Waals surface area contributed by atoms with Crippen LogP contribution in [-0.4, -0.2) is 30.3 Å². The van der Waals surface area contributed by atoms with E-state index in [4.69, 9.17) is 10.0 Å². The predicted molar refractivity (Wildman–Crippen MR) is 51.9 cm³/mol. The number of benzene rings is 1. The van der Waals surface area contributed by atoms with Crippen molar-refractivity contribution in [2.75, 3.05) is 13.1 Å². The molecule has 0 atom stereocenters. The fraction of sp³-hybridized carbons (Fsp3) is 0.333. The standard InChI is InChI=1S/C9H12BNO2/c12-10(13)9-3-1-7(2-4-9)8-5-11-6-8/h1-4,8,11-13H,5-6H2. The van der Waals surface area contributed by atoms with Crippen molar-refractivity contribution in [1.82, 2.24) is 5.32 Å². The van der Waals surface area contributed by atoms with Crippen molar-refractivity contribution < 1.29 is 10.0 Å². The smallest absolute Gasteiger partial charge is 0.423 e. The summed E-state index contributed by atoms with van der Waals surface area (Å²) >= 11 is 0. The van der Waals surface area contributed by atoms with Crippen LogP contribution < -0.4 is 10.8 Å². The maximum absolute atomic E-state index is 8.87. The van der Waals surface area contributed by atoms with Gasteiger partial charge in [-0.15, -0.1) is 0 Å². The zero-order chi connectivity index (χ0) is 9.26. The van der Waals surface area contributed by atoms with Gasteiger partial charge in [-0.2, -0.15) is 0 Å². The quantitative estimate of drug-likeness (QED) is 0.510. The lowest BCUT2D eigenvalue weighted by molar-refractivity contribution is 0.425. The summed E-state index contributed by atoms with van der Waals surface area (Å²) in [5, 5.41) is 20.9. The molecule has 0 unspecified atom stereocenters. The molecule has 68 valence electrons. The molecule has 1 aliphatic rings. The second-order valence-electron chi connectivity index (χ2n) is 3.40. The predicted octanol–water partition coefficient (Wildman–Crippen LogP) is -0.947. The van der Waals surface area contributed by atoms with E-state index in [1.54, 1.807) is 12.1 Å². The average molecular weight is 177 g/mol. The van der Waals surface area contributed by atoms with Gasteiger partial charge in [0.05, 0.1) is 0 Å². The van der Waals surface area contributed by atoms with Gasteiger partial charge in [0.1, 0.15) is 0 Å². The van der Waals surface area contributed by atoms with Crippen LogP contribution in [0.25, 0.3) is 0 Å². The van der Waals surface area contributed by atoms with Crippen molar-refractivity contribution in [3.63, 3.8) is 0 Å². The first-order chi connectivity index (χ1) is 6.27. The molecule has 1 saturated heterocycles. The third-order valence-electron chi connectivity index (χ3n) is 2.49. The van der Waals surface area contributed by atoms with Gasteiger partial charge in [-0.1, -0.05) is 24.3 Å². The van der Waals surface area contributed by atoms with Crippen LogP contribution in [0, 0.1) is 0 Å². The molecule has 3 N–H and O–H groups in total. The van der Waals surface area contributed by atoms with Gasteiger partial charge in [0.2, 0.25) is 0 Å². The minimum Gasteiger partial charge on any atom is -0.423 e. The highest BCUT2D eigenvalue weighted by Crippen LogP contribution is 2.18. The normalized spacial score (nSPS) is 16.8. The Morgan fingerprint density at radius 3 is 2.15 bits per heavy atom. The van der Waals surface area contributed by atoms with Crippen LogP contribution in [0.2, 0.25) is 0 Å². The molecule has 4 heteroatoms. The van der Waals surface area contributed by atoms with Gasteiger partial charge in [-0.05, 0) is 11.0 Å². The van der Waals surface area contributed by atoms with E-state index < -0.39 is 7.12 Å². The molecule has 0 aromatic heterocycles. The molecule has 0 bridgehead atoms. The van der Waals surface area contributed by atoms with Crippen molar-refractivity contribution in [3.8, 4) is 0 Å². The molecule has 1 aliphatic heterocycles. The highest BCUT2D eigenvalue weighted by atomic mass is 16.4. The van der Waals surface area contributed by atoms with Gasteiger partial charge in [0.25, 0.3) is 0 Å². The molecule has 0 amide bonds. The SMILES string of the molecule is OB(O)c1ccc(C2CNC2)cc1. The largest absolute Gasteiger partial charge is 0.488 e. The second kappa shape index (κ2) is 3.50. The van der Waals surface area contributed by atoms with Gasteiger partial charge < -0.3 is 15.4 Å². The van der Waals surface area contributed by atoms with E-state index in [2.05, 4.69) is 5.32 Å². The third kappa shape index (κ3) is 1.75. The Labute approximate surface area is 77.6 Å². The van der Waals surface area contributed by atoms with E-state index in [-0.39, 0.29) is 0 Å². The number of rotatable bonds is 2. The summed E-state index contributed by atoms with van der Waals surface area (Å²) < 4.78 is 0. The molecule has 13 heavy (non-hydrogen) atoms. The Hall–Kier alpha value is -0.835. The highest BCUT2D eigenvalue weighted by molar-refractivity contribution is 6.58. The van der Waals surface area contributed by atoms with Crippen molar-refractivity contribution in [3.05, 3.63) is 29.8 Å². The molecule has 0 aliphatic carbocycles. The van der Waals surface area contributed by atoms with Crippen molar-refractivity contribution >= 4 is 12.6 Å². The average Bonchev–Trinajstić information content (AvgIpc) is 2.02. The molecule has 3 nitrogen and oxygen atoms in total. The molecule has 0 radical (unpaired) electrons. The zero-order valence-electron chi connectivity index (χ0n) is 7.27. The maximum Gasteiger partial charge on any atom is 0.488 e. The highest BCUT2D eigenvalue weighted by Gasteiger charge is 2.19. The summed E-state index contributed by atoms with van der Waals surface area (Å²) in [5.41, 5.74) is 1.82. The lowest BCUT2D eigenvalue weighted by Crippen LogP contribution is -2.40. The van der Waals surface area contributed by atoms with Crippen LogP contribution in [0.15, 0.2) is 24.3 Å². The van der Waals surface area contributed by atoms with Gasteiger partial charge in [0.15, 0.2) is 0 Å². The van der Waals surface area contributed by atoms with E-state index in [1.807, 2.05) is 12.1 Å². The maximum atomic E-state index is 8.87. The van der Waals surface area contributed by atoms with Crippen LogP contribution in [0.4, 0.5) is 0 Å². The Morgan fingerprint density at radius 2 is 1.77 bits per heavy atom. The molecular weight excluding hydrogens is 165 g/mol. The summed E-state index contributed by atoms with van der Waals surface area (Å²) in [6.45, 7) is 2.06. The summed E-state index contributed by atoms with van der Waals surface area (Å²) in [6, 6.07) is 7.44. The third-order valence-corrected chi connectivity index (χ3v) is 2.49. The van der Waals surface area contributed by atoms with E-state index >= 15 is 0 Å². The van der Waals surface area contributed by atoms with Crippen LogP contribution in [-0.2, 0) is 0 Å². The Balaban J connectivity index is 2.13. The summed E-state index contributed by atoms with van der Waals surface area (Å²) in [7, 11) is -1.35. The fourth-order valence-electron chi connectivity index (χ4n) is 1.46. The van der Waals surface area contributed by atoms with Gasteiger partial charge in [0, 0.05) is 19.0 Å². The molecule has 0 saturated carbocycles. The second-order valence-corrected chi connectivity index (χ2v) is 3.40. The monoisotopic (exact) mass is 177 g/mol. The van der Waals surface area contributed by atoms with Crippen LogP contribution in [0.1, 0.15) is 11.5 Å². The fourth-order valence-corrected chi connectivity index (χ4v) is 1.46. The Bertz CT molecular complexity index is 282. The molecule has 1 aromatic rings. The number of hydrogen-bond acceptors (Lipinski definition) is 3. The Morgan fingerprint density at radius 1 is 1.15 bits per heavy atom. The summed E-state index contributed by atoms with van der Waals surface area (Å²) in [4.78, 5) is 0. The molecule has 2 rings (SSSR count). The number of hydrogen-bond donors (Lipinski definition) is 3. The van der Waals surface area contributed by atoms with E-state index in [0.29, 0.717) is 11.4 Å². The summed E-state index contributed by atoms with van der Waals surface area (Å²) in [5.74, 6) is 0.602. The first kappa shape index (κ1) is 8.75. The van der Waals surface area contributed by atoms with Gasteiger partial charge in [-0.3, -0.25) is 0 Å². The van der Waals surface area contributed by atoms with E-state index in [0.717, 1.165) is 13.1 Å². The zero-order valence-corrected chi connectivity index (χ0v) is 7.27.